The highest BCUT2D eigenvalue weighted by atomic mass is 35.5. The number of nitrogens with two attached hydrogens (primary N) is 1. The lowest BCUT2D eigenvalue weighted by molar-refractivity contribution is -0.116. The van der Waals surface area contributed by atoms with Gasteiger partial charge in [-0.25, -0.2) is 0 Å². The molecule has 1 unspecified atom stereocenters. The van der Waals surface area contributed by atoms with Crippen molar-refractivity contribution in [1.82, 2.24) is 4.98 Å². The number of amides is 1. The number of aromatic nitrogens is 1. The first-order valence-corrected chi connectivity index (χ1v) is 6.94. The van der Waals surface area contributed by atoms with E-state index >= 15 is 0 Å². The lowest BCUT2D eigenvalue weighted by Crippen LogP contribution is -2.19. The number of hydrogen-bond acceptors (Lipinski definition) is 4. The third-order valence-corrected chi connectivity index (χ3v) is 3.85. The summed E-state index contributed by atoms with van der Waals surface area (Å²) in [5.74, 6) is -0.201. The van der Waals surface area contributed by atoms with E-state index in [4.69, 9.17) is 17.3 Å². The minimum absolute atomic E-state index is 0.201. The number of nitrogens with one attached hydrogen (secondary N) is 1. The van der Waals surface area contributed by atoms with Gasteiger partial charge in [0.25, 0.3) is 0 Å². The van der Waals surface area contributed by atoms with Gasteiger partial charge in [0.05, 0.1) is 10.7 Å². The monoisotopic (exact) mass is 302 g/mol. The highest BCUT2D eigenvalue weighted by Gasteiger charge is 2.28. The fraction of sp³-hybridized carbons (Fsp3) is 0.200. The lowest BCUT2D eigenvalue weighted by atomic mass is 10.1. The van der Waals surface area contributed by atoms with Crippen molar-refractivity contribution in [2.45, 2.75) is 12.6 Å². The summed E-state index contributed by atoms with van der Waals surface area (Å²) in [5, 5.41) is 3.35. The molecule has 0 bridgehead atoms. The van der Waals surface area contributed by atoms with Crippen LogP contribution in [-0.4, -0.2) is 17.9 Å². The SMILES string of the molecule is CN(Cc1cccnc1)c1cc2c(cc1Cl)C(N)C(=O)N2. The van der Waals surface area contributed by atoms with Gasteiger partial charge in [0.2, 0.25) is 5.91 Å². The van der Waals surface area contributed by atoms with E-state index in [1.165, 1.54) is 0 Å². The van der Waals surface area contributed by atoms with Crippen LogP contribution in [0.2, 0.25) is 5.02 Å². The van der Waals surface area contributed by atoms with E-state index in [9.17, 15) is 4.79 Å². The number of benzene rings is 1. The summed E-state index contributed by atoms with van der Waals surface area (Å²) < 4.78 is 0. The zero-order valence-electron chi connectivity index (χ0n) is 11.5. The first-order chi connectivity index (χ1) is 10.1. The van der Waals surface area contributed by atoms with Gasteiger partial charge in [-0.3, -0.25) is 9.78 Å². The molecule has 1 aromatic carbocycles. The van der Waals surface area contributed by atoms with Gasteiger partial charge in [-0.15, -0.1) is 0 Å². The second kappa shape index (κ2) is 5.35. The summed E-state index contributed by atoms with van der Waals surface area (Å²) in [7, 11) is 1.94. The van der Waals surface area contributed by atoms with Crippen molar-refractivity contribution in [3.8, 4) is 0 Å². The first-order valence-electron chi connectivity index (χ1n) is 6.56. The molecule has 1 aromatic heterocycles. The molecule has 1 aliphatic rings. The van der Waals surface area contributed by atoms with Crippen LogP contribution in [0.15, 0.2) is 36.7 Å². The topological polar surface area (TPSA) is 71.2 Å². The molecule has 21 heavy (non-hydrogen) atoms. The molecule has 0 aliphatic carbocycles. The van der Waals surface area contributed by atoms with Gasteiger partial charge < -0.3 is 16.0 Å². The van der Waals surface area contributed by atoms with Crippen LogP contribution in [0.5, 0.6) is 0 Å². The Balaban J connectivity index is 1.90. The molecule has 2 aromatic rings. The van der Waals surface area contributed by atoms with Gasteiger partial charge in [-0.2, -0.15) is 0 Å². The van der Waals surface area contributed by atoms with Crippen LogP contribution in [0.4, 0.5) is 11.4 Å². The molecule has 3 rings (SSSR count). The molecular formula is C15H15ClN4O. The molecule has 0 radical (unpaired) electrons. The van der Waals surface area contributed by atoms with E-state index < -0.39 is 6.04 Å². The van der Waals surface area contributed by atoms with Crippen LogP contribution < -0.4 is 16.0 Å². The molecule has 108 valence electrons. The van der Waals surface area contributed by atoms with Gasteiger partial charge in [-0.05, 0) is 23.8 Å². The third kappa shape index (κ3) is 2.57. The lowest BCUT2D eigenvalue weighted by Gasteiger charge is -2.21. The molecule has 0 saturated carbocycles. The van der Waals surface area contributed by atoms with Crippen LogP contribution in [0, 0.1) is 0 Å². The number of anilines is 2. The number of pyridine rings is 1. The van der Waals surface area contributed by atoms with Crippen molar-refractivity contribution in [1.29, 1.82) is 0 Å². The molecule has 0 saturated heterocycles. The molecular weight excluding hydrogens is 288 g/mol. The van der Waals surface area contributed by atoms with Crippen LogP contribution in [-0.2, 0) is 11.3 Å². The van der Waals surface area contributed by atoms with E-state index in [1.807, 2.05) is 36.3 Å². The minimum atomic E-state index is -0.643. The van der Waals surface area contributed by atoms with Crippen molar-refractivity contribution in [2.75, 3.05) is 17.3 Å². The Morgan fingerprint density at radius 3 is 3.00 bits per heavy atom. The zero-order chi connectivity index (χ0) is 15.0. The maximum Gasteiger partial charge on any atom is 0.245 e. The normalized spacial score (nSPS) is 16.5. The highest BCUT2D eigenvalue weighted by Crippen LogP contribution is 2.38. The number of carbonyl (C=O) groups is 1. The number of hydrogen-bond donors (Lipinski definition) is 2. The van der Waals surface area contributed by atoms with Crippen LogP contribution in [0.3, 0.4) is 0 Å². The Hall–Kier alpha value is -2.11. The summed E-state index contributed by atoms with van der Waals surface area (Å²) in [6.45, 7) is 0.673. The van der Waals surface area contributed by atoms with E-state index in [-0.39, 0.29) is 5.91 Å². The Morgan fingerprint density at radius 2 is 2.29 bits per heavy atom. The Kier molecular flexibility index (Phi) is 3.53. The van der Waals surface area contributed by atoms with Crippen LogP contribution >= 0.6 is 11.6 Å². The molecule has 0 fully saturated rings. The summed E-state index contributed by atoms with van der Waals surface area (Å²) >= 11 is 6.33. The second-order valence-electron chi connectivity index (χ2n) is 5.08. The maximum absolute atomic E-state index is 11.6. The Labute approximate surface area is 127 Å². The smallest absolute Gasteiger partial charge is 0.245 e. The number of fused-ring (bicyclic) bond motifs is 1. The number of halogens is 1. The average Bonchev–Trinajstić information content (AvgIpc) is 2.74. The molecule has 1 amide bonds. The second-order valence-corrected chi connectivity index (χ2v) is 5.48. The van der Waals surface area contributed by atoms with Gasteiger partial charge >= 0.3 is 0 Å². The third-order valence-electron chi connectivity index (χ3n) is 3.55. The zero-order valence-corrected chi connectivity index (χ0v) is 12.3. The molecule has 1 aliphatic heterocycles. The van der Waals surface area contributed by atoms with E-state index in [2.05, 4.69) is 10.3 Å². The van der Waals surface area contributed by atoms with Gasteiger partial charge in [0.15, 0.2) is 0 Å². The molecule has 0 spiro atoms. The van der Waals surface area contributed by atoms with Crippen molar-refractivity contribution >= 4 is 28.9 Å². The summed E-state index contributed by atoms with van der Waals surface area (Å²) in [5.41, 5.74) is 9.20. The highest BCUT2D eigenvalue weighted by molar-refractivity contribution is 6.33. The van der Waals surface area contributed by atoms with Crippen molar-refractivity contribution in [3.05, 3.63) is 52.8 Å². The summed E-state index contributed by atoms with van der Waals surface area (Å²) in [6.07, 6.45) is 3.55. The predicted octanol–water partition coefficient (Wildman–Crippen LogP) is 2.32. The summed E-state index contributed by atoms with van der Waals surface area (Å²) in [4.78, 5) is 17.7. The Morgan fingerprint density at radius 1 is 1.48 bits per heavy atom. The molecule has 1 atom stereocenters. The van der Waals surface area contributed by atoms with E-state index in [0.717, 1.165) is 22.5 Å². The van der Waals surface area contributed by atoms with E-state index in [0.29, 0.717) is 11.6 Å². The Bertz CT molecular complexity index is 690. The fourth-order valence-electron chi connectivity index (χ4n) is 2.44. The van der Waals surface area contributed by atoms with Crippen LogP contribution in [0.25, 0.3) is 0 Å². The number of rotatable bonds is 3. The molecule has 3 N–H and O–H groups in total. The molecule has 5 nitrogen and oxygen atoms in total. The van der Waals surface area contributed by atoms with Crippen molar-refractivity contribution in [2.24, 2.45) is 5.73 Å². The van der Waals surface area contributed by atoms with Gasteiger partial charge in [0.1, 0.15) is 6.04 Å². The first kappa shape index (κ1) is 13.9. The summed E-state index contributed by atoms with van der Waals surface area (Å²) in [6, 6.07) is 6.87. The number of carbonyl (C=O) groups excluding carboxylic acids is 1. The van der Waals surface area contributed by atoms with Crippen LogP contribution in [0.1, 0.15) is 17.2 Å². The quantitative estimate of drug-likeness (QED) is 0.913. The minimum Gasteiger partial charge on any atom is -0.369 e. The van der Waals surface area contributed by atoms with Gasteiger partial charge in [0, 0.05) is 37.2 Å². The van der Waals surface area contributed by atoms with Crippen molar-refractivity contribution in [3.63, 3.8) is 0 Å². The molecule has 2 heterocycles. The maximum atomic E-state index is 11.6. The van der Waals surface area contributed by atoms with Crippen molar-refractivity contribution < 1.29 is 4.79 Å². The predicted molar refractivity (Wildman–Crippen MR) is 83.4 cm³/mol. The largest absolute Gasteiger partial charge is 0.369 e. The van der Waals surface area contributed by atoms with E-state index in [1.54, 1.807) is 12.3 Å². The number of nitrogens with zero attached hydrogens (tertiary/aromatic N) is 2. The fourth-order valence-corrected chi connectivity index (χ4v) is 2.75. The average molecular weight is 303 g/mol. The molecule has 6 heteroatoms. The standard InChI is InChI=1S/C15H15ClN4O/c1-20(8-9-3-2-4-18-7-9)13-6-12-10(5-11(13)16)14(17)15(21)19-12/h2-7,14H,8,17H2,1H3,(H,19,21). The van der Waals surface area contributed by atoms with Gasteiger partial charge in [-0.1, -0.05) is 17.7 Å².